The van der Waals surface area contributed by atoms with Crippen molar-refractivity contribution in [1.29, 1.82) is 0 Å². The molecule has 0 saturated carbocycles. The minimum absolute atomic E-state index is 0.268. The number of aliphatic hydroxyl groups excluding tert-OH is 1. The summed E-state index contributed by atoms with van der Waals surface area (Å²) in [5, 5.41) is 12.9. The maximum atomic E-state index is 9.36. The van der Waals surface area contributed by atoms with E-state index in [1.54, 1.807) is 0 Å². The van der Waals surface area contributed by atoms with Crippen LogP contribution in [0.4, 0.5) is 0 Å². The van der Waals surface area contributed by atoms with Crippen molar-refractivity contribution in [3.63, 3.8) is 0 Å². The number of nitrogens with one attached hydrogen (secondary N) is 1. The van der Waals surface area contributed by atoms with Crippen LogP contribution in [-0.2, 0) is 0 Å². The van der Waals surface area contributed by atoms with Crippen molar-refractivity contribution in [3.8, 4) is 0 Å². The second-order valence-electron chi connectivity index (χ2n) is 8.24. The number of unbranched alkanes of at least 4 members (excludes halogenated alkanes) is 11. The van der Waals surface area contributed by atoms with Gasteiger partial charge in [-0.3, -0.25) is 4.48 Å². The Morgan fingerprint density at radius 3 is 2.04 bits per heavy atom. The molecule has 2 atom stereocenters. The third-order valence-corrected chi connectivity index (χ3v) is 6.13. The minimum Gasteiger partial charge on any atom is -0.390 e. The summed E-state index contributed by atoms with van der Waals surface area (Å²) in [7, 11) is 0. The molecular weight excluding hydrogens is 332 g/mol. The molecule has 0 aromatic carbocycles. The molecule has 1 aliphatic heterocycles. The molecule has 0 aromatic heterocycles. The Labute approximate surface area is 169 Å². The molecule has 1 heterocycles. The Hall–Kier alpha value is -0.800. The summed E-state index contributed by atoms with van der Waals surface area (Å²) < 4.78 is 0.905. The predicted molar refractivity (Wildman–Crippen MR) is 118 cm³/mol. The second kappa shape index (κ2) is 16.2. The molecule has 2 N–H and O–H groups in total. The summed E-state index contributed by atoms with van der Waals surface area (Å²) >= 11 is 0. The lowest BCUT2D eigenvalue weighted by molar-refractivity contribution is -0.900. The van der Waals surface area contributed by atoms with E-state index < -0.39 is 0 Å². The summed E-state index contributed by atoms with van der Waals surface area (Å²) in [6.45, 7) is 6.65. The summed E-state index contributed by atoms with van der Waals surface area (Å²) in [6, 6.07) is 0. The fourth-order valence-electron chi connectivity index (χ4n) is 4.20. The van der Waals surface area contributed by atoms with Gasteiger partial charge in [-0.1, -0.05) is 70.4 Å². The van der Waals surface area contributed by atoms with Gasteiger partial charge in [0.1, 0.15) is 12.7 Å². The maximum Gasteiger partial charge on any atom is 0.166 e. The molecular formula is C24H47N2O+. The van der Waals surface area contributed by atoms with Crippen molar-refractivity contribution < 1.29 is 9.59 Å². The van der Waals surface area contributed by atoms with Gasteiger partial charge < -0.3 is 10.4 Å². The highest BCUT2D eigenvalue weighted by atomic mass is 16.3. The molecule has 0 bridgehead atoms. The summed E-state index contributed by atoms with van der Waals surface area (Å²) in [4.78, 5) is 0. The van der Waals surface area contributed by atoms with Crippen LogP contribution < -0.4 is 5.32 Å². The highest BCUT2D eigenvalue weighted by Crippen LogP contribution is 2.22. The van der Waals surface area contributed by atoms with Crippen LogP contribution in [0, 0.1) is 0 Å². The van der Waals surface area contributed by atoms with Crippen LogP contribution in [0.25, 0.3) is 0 Å². The predicted octanol–water partition coefficient (Wildman–Crippen LogP) is 6.25. The first-order chi connectivity index (χ1) is 13.3. The Morgan fingerprint density at radius 1 is 0.852 bits per heavy atom. The maximum absolute atomic E-state index is 9.36. The molecule has 0 aliphatic carbocycles. The highest BCUT2D eigenvalue weighted by molar-refractivity contribution is 4.84. The van der Waals surface area contributed by atoms with Crippen molar-refractivity contribution in [2.75, 3.05) is 19.7 Å². The van der Waals surface area contributed by atoms with Gasteiger partial charge in [0.2, 0.25) is 0 Å². The normalized spacial score (nSPS) is 22.0. The van der Waals surface area contributed by atoms with Gasteiger partial charge in [-0.25, -0.2) is 0 Å². The average Bonchev–Trinajstić information content (AvgIpc) is 3.08. The van der Waals surface area contributed by atoms with E-state index in [4.69, 9.17) is 0 Å². The van der Waals surface area contributed by atoms with E-state index in [1.165, 1.54) is 89.9 Å². The Balaban J connectivity index is 1.91. The summed E-state index contributed by atoms with van der Waals surface area (Å²) in [5.74, 6) is 0. The number of likely N-dealkylation sites (N-methyl/N-ethyl adjacent to an activating group) is 1. The van der Waals surface area contributed by atoms with Crippen molar-refractivity contribution in [1.82, 2.24) is 5.32 Å². The SMILES string of the molecule is CCCCCC/C=C/CCCCCCCCCC1NC=C[N+]1(CC)CCO. The third-order valence-electron chi connectivity index (χ3n) is 6.13. The highest BCUT2D eigenvalue weighted by Gasteiger charge is 2.35. The van der Waals surface area contributed by atoms with Crippen molar-refractivity contribution in [2.24, 2.45) is 0 Å². The van der Waals surface area contributed by atoms with Crippen LogP contribution in [0.1, 0.15) is 104 Å². The number of hydrogen-bond acceptors (Lipinski definition) is 2. The summed E-state index contributed by atoms with van der Waals surface area (Å²) in [6.07, 6.45) is 28.4. The van der Waals surface area contributed by atoms with E-state index in [1.807, 2.05) is 0 Å². The molecule has 27 heavy (non-hydrogen) atoms. The van der Waals surface area contributed by atoms with Gasteiger partial charge in [0.15, 0.2) is 6.17 Å². The second-order valence-corrected chi connectivity index (χ2v) is 8.24. The van der Waals surface area contributed by atoms with E-state index in [9.17, 15) is 5.11 Å². The first-order valence-electron chi connectivity index (χ1n) is 11.8. The van der Waals surface area contributed by atoms with Gasteiger partial charge in [0.05, 0.1) is 19.4 Å². The first kappa shape index (κ1) is 24.2. The standard InChI is InChI=1S/C24H47N2O/c1-3-5-6-7-8-9-10-11-12-13-14-15-16-17-18-19-24-25-20-21-26(24,4-2)22-23-27/h9-10,20-21,24-25,27H,3-8,11-19,22-23H2,1-2H3/q+1/b10-9+. The summed E-state index contributed by atoms with van der Waals surface area (Å²) in [5.41, 5.74) is 0. The van der Waals surface area contributed by atoms with Gasteiger partial charge in [-0.15, -0.1) is 0 Å². The molecule has 0 amide bonds. The van der Waals surface area contributed by atoms with Crippen LogP contribution >= 0.6 is 0 Å². The van der Waals surface area contributed by atoms with Crippen molar-refractivity contribution in [3.05, 3.63) is 24.6 Å². The Bertz CT molecular complexity index is 394. The van der Waals surface area contributed by atoms with E-state index in [-0.39, 0.29) is 6.61 Å². The van der Waals surface area contributed by atoms with Gasteiger partial charge in [-0.05, 0) is 39.0 Å². The van der Waals surface area contributed by atoms with Gasteiger partial charge in [-0.2, -0.15) is 0 Å². The quantitative estimate of drug-likeness (QED) is 0.167. The van der Waals surface area contributed by atoms with E-state index in [2.05, 4.69) is 43.7 Å². The van der Waals surface area contributed by atoms with E-state index in [0.29, 0.717) is 6.17 Å². The number of nitrogens with zero attached hydrogens (tertiary/aromatic N) is 1. The largest absolute Gasteiger partial charge is 0.390 e. The van der Waals surface area contributed by atoms with Gasteiger partial charge >= 0.3 is 0 Å². The molecule has 0 radical (unpaired) electrons. The van der Waals surface area contributed by atoms with Gasteiger partial charge in [0.25, 0.3) is 0 Å². The topological polar surface area (TPSA) is 32.3 Å². The lowest BCUT2D eigenvalue weighted by Gasteiger charge is -2.36. The zero-order valence-electron chi connectivity index (χ0n) is 18.3. The monoisotopic (exact) mass is 379 g/mol. The van der Waals surface area contributed by atoms with Crippen LogP contribution in [0.5, 0.6) is 0 Å². The molecule has 0 saturated heterocycles. The minimum atomic E-state index is 0.268. The lowest BCUT2D eigenvalue weighted by atomic mass is 10.1. The molecule has 0 spiro atoms. The zero-order chi connectivity index (χ0) is 19.6. The Kier molecular flexibility index (Phi) is 14.5. The molecule has 158 valence electrons. The molecule has 1 rings (SSSR count). The number of hydrogen-bond donors (Lipinski definition) is 2. The molecule has 0 aromatic rings. The van der Waals surface area contributed by atoms with Crippen molar-refractivity contribution >= 4 is 0 Å². The lowest BCUT2D eigenvalue weighted by Crippen LogP contribution is -2.54. The number of quaternary nitrogens is 1. The number of rotatable bonds is 18. The molecule has 1 aliphatic rings. The fourth-order valence-corrected chi connectivity index (χ4v) is 4.20. The molecule has 3 heteroatoms. The number of allylic oxidation sites excluding steroid dienone is 2. The van der Waals surface area contributed by atoms with E-state index >= 15 is 0 Å². The number of aliphatic hydroxyl groups is 1. The smallest absolute Gasteiger partial charge is 0.166 e. The molecule has 0 fully saturated rings. The van der Waals surface area contributed by atoms with Crippen LogP contribution in [-0.4, -0.2) is 35.5 Å². The van der Waals surface area contributed by atoms with Crippen LogP contribution in [0.2, 0.25) is 0 Å². The average molecular weight is 380 g/mol. The van der Waals surface area contributed by atoms with Gasteiger partial charge in [0, 0.05) is 6.42 Å². The molecule has 3 nitrogen and oxygen atoms in total. The van der Waals surface area contributed by atoms with Crippen LogP contribution in [0.15, 0.2) is 24.6 Å². The third kappa shape index (κ3) is 10.4. The zero-order valence-corrected chi connectivity index (χ0v) is 18.3. The first-order valence-corrected chi connectivity index (χ1v) is 11.8. The molecule has 2 unspecified atom stereocenters. The fraction of sp³-hybridized carbons (Fsp3) is 0.833. The van der Waals surface area contributed by atoms with E-state index in [0.717, 1.165) is 17.6 Å². The van der Waals surface area contributed by atoms with Crippen molar-refractivity contribution in [2.45, 2.75) is 110 Å². The Morgan fingerprint density at radius 2 is 1.44 bits per heavy atom. The van der Waals surface area contributed by atoms with Crippen LogP contribution in [0.3, 0.4) is 0 Å².